The van der Waals surface area contributed by atoms with Gasteiger partial charge < -0.3 is 23.2 Å². The summed E-state index contributed by atoms with van der Waals surface area (Å²) in [6, 6.07) is 22.2. The predicted molar refractivity (Wildman–Crippen MR) is 280 cm³/mol. The first-order valence-electron chi connectivity index (χ1n) is 23.2. The van der Waals surface area contributed by atoms with Crippen LogP contribution in [0.3, 0.4) is 0 Å². The van der Waals surface area contributed by atoms with Crippen LogP contribution in [0.1, 0.15) is 78.5 Å². The van der Waals surface area contributed by atoms with E-state index in [1.54, 1.807) is 47.3 Å². The van der Waals surface area contributed by atoms with Gasteiger partial charge in [-0.25, -0.2) is 17.6 Å². The summed E-state index contributed by atoms with van der Waals surface area (Å²) in [5.41, 5.74) is 6.89. The Kier molecular flexibility index (Phi) is 16.0. The Morgan fingerprint density at radius 2 is 1.64 bits per heavy atom. The molecule has 0 amide bonds. The van der Waals surface area contributed by atoms with Gasteiger partial charge in [-0.05, 0) is 116 Å². The number of hydrogen-bond donors (Lipinski definition) is 0. The molecule has 374 valence electrons. The first-order chi connectivity index (χ1) is 33.0. The molecule has 0 aliphatic heterocycles. The van der Waals surface area contributed by atoms with Crippen molar-refractivity contribution < 1.29 is 36.2 Å². The molecule has 0 fully saturated rings. The van der Waals surface area contributed by atoms with Crippen molar-refractivity contribution in [2.45, 2.75) is 95.9 Å². The first kappa shape index (κ1) is 52.6. The highest BCUT2D eigenvalue weighted by Gasteiger charge is 2.37. The maximum Gasteiger partial charge on any atom is 0.355 e. The van der Waals surface area contributed by atoms with Crippen LogP contribution >= 0.6 is 23.4 Å². The number of benzene rings is 4. The number of methoxy groups -OCH3 is 1. The van der Waals surface area contributed by atoms with Crippen molar-refractivity contribution in [2.24, 2.45) is 21.1 Å². The molecule has 3 heterocycles. The summed E-state index contributed by atoms with van der Waals surface area (Å²) in [5, 5.41) is 12.3. The van der Waals surface area contributed by atoms with Crippen molar-refractivity contribution >= 4 is 69.3 Å². The Bertz CT molecular complexity index is 3160. The third kappa shape index (κ3) is 11.4. The van der Waals surface area contributed by atoms with Gasteiger partial charge in [0.1, 0.15) is 23.0 Å². The molecule has 18 heteroatoms. The summed E-state index contributed by atoms with van der Waals surface area (Å²) in [6.07, 6.45) is 2.15. The third-order valence-corrected chi connectivity index (χ3v) is 20.4. The number of thioether (sulfide) groups is 1. The molecule has 0 unspecified atom stereocenters. The van der Waals surface area contributed by atoms with Gasteiger partial charge in [-0.15, -0.1) is 11.8 Å². The third-order valence-electron chi connectivity index (χ3n) is 13.3. The van der Waals surface area contributed by atoms with Crippen molar-refractivity contribution in [3.63, 3.8) is 0 Å². The van der Waals surface area contributed by atoms with Gasteiger partial charge >= 0.3 is 5.97 Å². The van der Waals surface area contributed by atoms with Gasteiger partial charge in [-0.1, -0.05) is 50.6 Å². The van der Waals surface area contributed by atoms with E-state index in [0.29, 0.717) is 76.3 Å². The van der Waals surface area contributed by atoms with Crippen LogP contribution < -0.4 is 9.47 Å². The van der Waals surface area contributed by atoms with Crippen molar-refractivity contribution in [2.75, 3.05) is 26.6 Å². The number of hydrogen-bond acceptors (Lipinski definition) is 10. The zero-order valence-corrected chi connectivity index (χ0v) is 45.6. The molecular formula is C52H64ClFN6O7S2Si. The molecule has 0 N–H and O–H groups in total. The lowest BCUT2D eigenvalue weighted by atomic mass is 9.98. The van der Waals surface area contributed by atoms with Gasteiger partial charge in [0.2, 0.25) is 10.0 Å². The Hall–Kier alpha value is -5.17. The average molecular weight is 1030 g/mol. The molecule has 0 saturated carbocycles. The molecular weight excluding hydrogens is 967 g/mol. The van der Waals surface area contributed by atoms with Gasteiger partial charge in [0.25, 0.3) is 0 Å². The number of carbonyl (C=O) groups excluding carboxylic acids is 1. The van der Waals surface area contributed by atoms with Crippen LogP contribution in [0.15, 0.2) is 77.7 Å². The van der Waals surface area contributed by atoms with E-state index in [4.69, 9.17) is 40.4 Å². The number of carbonyl (C=O) groups is 1. The number of ether oxygens (including phenoxy) is 3. The molecule has 3 aromatic heterocycles. The maximum absolute atomic E-state index is 14.5. The normalized spacial score (nSPS) is 12.4. The zero-order valence-electron chi connectivity index (χ0n) is 42.2. The summed E-state index contributed by atoms with van der Waals surface area (Å²) < 4.78 is 72.3. The SMILES string of the molecule is CCOC(=O)c1c(CCCOc2cc(SCc3ccc(OC)cc3)cc3cc(F)ccc23)c2ccc(Cl)c(-c3c(CN(Cc4cc(CO[Si](C)(C)C(C)(C)C)n(C)n4)S(C)(=O)=O)nn(C)c3C)c2n1C. The van der Waals surface area contributed by atoms with Crippen molar-refractivity contribution in [3.05, 3.63) is 123 Å². The van der Waals surface area contributed by atoms with Gasteiger partial charge in [0.15, 0.2) is 8.32 Å². The number of esters is 1. The van der Waals surface area contributed by atoms with Crippen molar-refractivity contribution in [3.8, 4) is 22.6 Å². The fourth-order valence-corrected chi connectivity index (χ4v) is 11.2. The molecule has 4 aromatic carbocycles. The fraction of sp³-hybridized carbons (Fsp3) is 0.404. The monoisotopic (exact) mass is 1030 g/mol. The lowest BCUT2D eigenvalue weighted by Crippen LogP contribution is -2.40. The summed E-state index contributed by atoms with van der Waals surface area (Å²) in [4.78, 5) is 14.9. The van der Waals surface area contributed by atoms with Gasteiger partial charge in [-0.2, -0.15) is 14.5 Å². The average Bonchev–Trinajstić information content (AvgIpc) is 3.90. The van der Waals surface area contributed by atoms with E-state index in [9.17, 15) is 17.6 Å². The second-order valence-electron chi connectivity index (χ2n) is 19.2. The van der Waals surface area contributed by atoms with Crippen LogP contribution in [0.4, 0.5) is 4.39 Å². The van der Waals surface area contributed by atoms with E-state index in [1.807, 2.05) is 81.2 Å². The molecule has 13 nitrogen and oxygen atoms in total. The van der Waals surface area contributed by atoms with E-state index in [0.717, 1.165) is 49.3 Å². The standard InChI is InChI=1S/C52H64ClFN6O7S2Si/c1-13-65-51(61)50-42(15-14-24-66-46-28-40(26-35-25-36(54)18-21-41(35)46)68-32-34-16-19-39(64-9)20-17-34)43-22-23-44(53)48(49(43)57(50)6)47-33(2)58(7)56-45(47)30-60(69(10,62)63)29-37-27-38(59(8)55-37)31-67-70(11,12)52(3,4)5/h16-23,25-28H,13-15,24,29-32H2,1-12H3. The van der Waals surface area contributed by atoms with Crippen LogP contribution in [-0.2, 0) is 72.2 Å². The quantitative estimate of drug-likeness (QED) is 0.0315. The van der Waals surface area contributed by atoms with Crippen LogP contribution in [0.5, 0.6) is 11.5 Å². The molecule has 0 saturated heterocycles. The molecule has 0 bridgehead atoms. The number of rotatable bonds is 20. The highest BCUT2D eigenvalue weighted by molar-refractivity contribution is 7.98. The Labute approximate surface area is 421 Å². The highest BCUT2D eigenvalue weighted by Crippen LogP contribution is 2.43. The van der Waals surface area contributed by atoms with Crippen LogP contribution in [0.25, 0.3) is 32.8 Å². The first-order valence-corrected chi connectivity index (χ1v) is 29.4. The minimum Gasteiger partial charge on any atom is -0.497 e. The van der Waals surface area contributed by atoms with E-state index in [2.05, 4.69) is 33.9 Å². The smallest absolute Gasteiger partial charge is 0.355 e. The predicted octanol–water partition coefficient (Wildman–Crippen LogP) is 11.5. The fourth-order valence-electron chi connectivity index (χ4n) is 8.36. The largest absolute Gasteiger partial charge is 0.497 e. The van der Waals surface area contributed by atoms with Crippen molar-refractivity contribution in [1.82, 2.24) is 28.4 Å². The van der Waals surface area contributed by atoms with E-state index in [1.165, 1.54) is 22.7 Å². The molecule has 70 heavy (non-hydrogen) atoms. The van der Waals surface area contributed by atoms with Gasteiger partial charge in [-0.3, -0.25) is 9.36 Å². The lowest BCUT2D eigenvalue weighted by Gasteiger charge is -2.36. The number of sulfonamides is 1. The number of fused-ring (bicyclic) bond motifs is 2. The van der Waals surface area contributed by atoms with E-state index in [-0.39, 0.29) is 30.6 Å². The van der Waals surface area contributed by atoms with E-state index >= 15 is 0 Å². The lowest BCUT2D eigenvalue weighted by molar-refractivity contribution is 0.0514. The van der Waals surface area contributed by atoms with E-state index < -0.39 is 24.3 Å². The molecule has 0 aliphatic rings. The number of halogens is 2. The highest BCUT2D eigenvalue weighted by atomic mass is 35.5. The summed E-state index contributed by atoms with van der Waals surface area (Å²) in [6.45, 7) is 15.4. The van der Waals surface area contributed by atoms with Crippen LogP contribution in [0.2, 0.25) is 23.2 Å². The Morgan fingerprint density at radius 1 is 0.929 bits per heavy atom. The molecule has 7 rings (SSSR count). The molecule has 0 aliphatic carbocycles. The number of aryl methyl sites for hydroxylation is 4. The minimum atomic E-state index is -3.79. The Balaban J connectivity index is 1.18. The van der Waals surface area contributed by atoms with Gasteiger partial charge in [0, 0.05) is 59.4 Å². The number of nitrogens with zero attached hydrogens (tertiary/aromatic N) is 6. The summed E-state index contributed by atoms with van der Waals surface area (Å²) >= 11 is 8.83. The molecule has 0 atom stereocenters. The molecule has 0 spiro atoms. The van der Waals surface area contributed by atoms with Gasteiger partial charge in [0.05, 0.1) is 73.9 Å². The number of aromatic nitrogens is 5. The topological polar surface area (TPSA) is 132 Å². The summed E-state index contributed by atoms with van der Waals surface area (Å²) in [7, 11) is 1.25. The van der Waals surface area contributed by atoms with Crippen molar-refractivity contribution in [1.29, 1.82) is 0 Å². The molecule has 0 radical (unpaired) electrons. The summed E-state index contributed by atoms with van der Waals surface area (Å²) in [5.74, 6) is 1.30. The second-order valence-corrected chi connectivity index (χ2v) is 27.4. The Morgan fingerprint density at radius 3 is 2.31 bits per heavy atom. The second kappa shape index (κ2) is 21.3. The van der Waals surface area contributed by atoms with Crippen LogP contribution in [-0.4, -0.2) is 77.7 Å². The zero-order chi connectivity index (χ0) is 50.9. The minimum absolute atomic E-state index is 0.00263. The van der Waals surface area contributed by atoms with Crippen LogP contribution in [0, 0.1) is 12.7 Å². The maximum atomic E-state index is 14.5. The molecule has 7 aromatic rings.